The van der Waals surface area contributed by atoms with Gasteiger partial charge in [0.2, 0.25) is 0 Å². The summed E-state index contributed by atoms with van der Waals surface area (Å²) in [6.45, 7) is -0.445. The first-order valence-electron chi connectivity index (χ1n) is 5.68. The Balaban J connectivity index is 1.94. The van der Waals surface area contributed by atoms with E-state index in [-0.39, 0.29) is 11.4 Å². The van der Waals surface area contributed by atoms with Crippen molar-refractivity contribution in [1.29, 1.82) is 0 Å². The van der Waals surface area contributed by atoms with Crippen LogP contribution < -0.4 is 10.1 Å². The molecule has 0 unspecified atom stereocenters. The Morgan fingerprint density at radius 1 is 1.05 bits per heavy atom. The summed E-state index contributed by atoms with van der Waals surface area (Å²) in [5, 5.41) is 2.16. The second kappa shape index (κ2) is 6.10. The van der Waals surface area contributed by atoms with Gasteiger partial charge in [-0.3, -0.25) is 4.79 Å². The number of nitrogens with one attached hydrogen (secondary N) is 1. The van der Waals surface area contributed by atoms with E-state index in [1.165, 1.54) is 18.2 Å². The number of anilines is 1. The molecule has 0 fully saturated rings. The zero-order chi connectivity index (χ0) is 14.5. The summed E-state index contributed by atoms with van der Waals surface area (Å²) >= 11 is 0. The summed E-state index contributed by atoms with van der Waals surface area (Å²) in [5.74, 6) is -2.45. The summed E-state index contributed by atoms with van der Waals surface area (Å²) < 4.78 is 44.1. The molecule has 2 aromatic carbocycles. The van der Waals surface area contributed by atoms with Crippen LogP contribution >= 0.6 is 0 Å². The standard InChI is InChI=1S/C14H10F3NO2/c15-9-2-1-3-11(6-9)20-8-14(19)18-13-7-10(16)4-5-12(13)17/h1-7H,8H2,(H,18,19). The second-order valence-electron chi connectivity index (χ2n) is 3.92. The average molecular weight is 281 g/mol. The largest absolute Gasteiger partial charge is 0.484 e. The van der Waals surface area contributed by atoms with Gasteiger partial charge >= 0.3 is 0 Å². The Bertz CT molecular complexity index is 632. The zero-order valence-corrected chi connectivity index (χ0v) is 10.2. The van der Waals surface area contributed by atoms with Crippen molar-refractivity contribution in [3.05, 3.63) is 59.9 Å². The van der Waals surface area contributed by atoms with Crippen LogP contribution in [-0.4, -0.2) is 12.5 Å². The Labute approximate surface area is 113 Å². The van der Waals surface area contributed by atoms with Crippen LogP contribution in [0.3, 0.4) is 0 Å². The number of halogens is 3. The zero-order valence-electron chi connectivity index (χ0n) is 10.2. The molecule has 0 aliphatic heterocycles. The molecule has 0 bridgehead atoms. The van der Waals surface area contributed by atoms with E-state index in [9.17, 15) is 18.0 Å². The molecule has 0 saturated carbocycles. The summed E-state index contributed by atoms with van der Waals surface area (Å²) in [6.07, 6.45) is 0. The van der Waals surface area contributed by atoms with Gasteiger partial charge in [0.25, 0.3) is 5.91 Å². The highest BCUT2D eigenvalue weighted by molar-refractivity contribution is 5.91. The molecule has 0 heterocycles. The molecule has 104 valence electrons. The van der Waals surface area contributed by atoms with Crippen molar-refractivity contribution in [2.75, 3.05) is 11.9 Å². The minimum Gasteiger partial charge on any atom is -0.484 e. The molecule has 2 rings (SSSR count). The van der Waals surface area contributed by atoms with Gasteiger partial charge in [-0.25, -0.2) is 13.2 Å². The van der Waals surface area contributed by atoms with Crippen LogP contribution in [0, 0.1) is 17.5 Å². The second-order valence-corrected chi connectivity index (χ2v) is 3.92. The van der Waals surface area contributed by atoms with Gasteiger partial charge in [-0.2, -0.15) is 0 Å². The lowest BCUT2D eigenvalue weighted by molar-refractivity contribution is -0.118. The number of carbonyl (C=O) groups excluding carboxylic acids is 1. The van der Waals surface area contributed by atoms with E-state index in [2.05, 4.69) is 5.32 Å². The van der Waals surface area contributed by atoms with E-state index in [0.717, 1.165) is 24.3 Å². The number of ether oxygens (including phenoxy) is 1. The topological polar surface area (TPSA) is 38.3 Å². The Morgan fingerprint density at radius 3 is 2.55 bits per heavy atom. The average Bonchev–Trinajstić information content (AvgIpc) is 2.41. The Kier molecular flexibility index (Phi) is 4.24. The first kappa shape index (κ1) is 13.9. The molecule has 0 saturated heterocycles. The van der Waals surface area contributed by atoms with Crippen molar-refractivity contribution in [1.82, 2.24) is 0 Å². The van der Waals surface area contributed by atoms with Crippen LogP contribution in [0.4, 0.5) is 18.9 Å². The SMILES string of the molecule is O=C(COc1cccc(F)c1)Nc1cc(F)ccc1F. The maximum Gasteiger partial charge on any atom is 0.262 e. The molecule has 0 spiro atoms. The highest BCUT2D eigenvalue weighted by Crippen LogP contribution is 2.15. The van der Waals surface area contributed by atoms with Gasteiger partial charge in [0.05, 0.1) is 5.69 Å². The molecular weight excluding hydrogens is 271 g/mol. The molecule has 1 N–H and O–H groups in total. The lowest BCUT2D eigenvalue weighted by Crippen LogP contribution is -2.20. The van der Waals surface area contributed by atoms with E-state index in [1.54, 1.807) is 0 Å². The van der Waals surface area contributed by atoms with Gasteiger partial charge in [0, 0.05) is 12.1 Å². The van der Waals surface area contributed by atoms with E-state index in [1.807, 2.05) is 0 Å². The molecule has 0 aliphatic rings. The van der Waals surface area contributed by atoms with E-state index >= 15 is 0 Å². The minimum atomic E-state index is -0.759. The van der Waals surface area contributed by atoms with Gasteiger partial charge < -0.3 is 10.1 Å². The summed E-state index contributed by atoms with van der Waals surface area (Å²) in [4.78, 5) is 11.5. The monoisotopic (exact) mass is 281 g/mol. The molecule has 1 amide bonds. The predicted octanol–water partition coefficient (Wildman–Crippen LogP) is 3.12. The summed E-state index contributed by atoms with van der Waals surface area (Å²) in [7, 11) is 0. The molecule has 6 heteroatoms. The van der Waals surface area contributed by atoms with Crippen molar-refractivity contribution in [3.63, 3.8) is 0 Å². The number of carbonyl (C=O) groups is 1. The van der Waals surface area contributed by atoms with Gasteiger partial charge in [-0.1, -0.05) is 6.07 Å². The van der Waals surface area contributed by atoms with Crippen LogP contribution in [0.1, 0.15) is 0 Å². The van der Waals surface area contributed by atoms with E-state index < -0.39 is 30.0 Å². The number of benzene rings is 2. The molecule has 2 aromatic rings. The molecule has 0 aromatic heterocycles. The third-order valence-corrected chi connectivity index (χ3v) is 2.37. The fraction of sp³-hybridized carbons (Fsp3) is 0.0714. The van der Waals surface area contributed by atoms with Crippen molar-refractivity contribution in [3.8, 4) is 5.75 Å². The van der Waals surface area contributed by atoms with E-state index in [4.69, 9.17) is 4.74 Å². The molecule has 0 aliphatic carbocycles. The quantitative estimate of drug-likeness (QED) is 0.935. The number of amides is 1. The van der Waals surface area contributed by atoms with Crippen molar-refractivity contribution in [2.45, 2.75) is 0 Å². The fourth-order valence-corrected chi connectivity index (χ4v) is 1.49. The van der Waals surface area contributed by atoms with Crippen LogP contribution in [0.15, 0.2) is 42.5 Å². The fourth-order valence-electron chi connectivity index (χ4n) is 1.49. The predicted molar refractivity (Wildman–Crippen MR) is 66.9 cm³/mol. The van der Waals surface area contributed by atoms with Gasteiger partial charge in [-0.05, 0) is 24.3 Å². The maximum atomic E-state index is 13.3. The lowest BCUT2D eigenvalue weighted by atomic mass is 10.3. The first-order chi connectivity index (χ1) is 9.54. The Morgan fingerprint density at radius 2 is 1.80 bits per heavy atom. The molecular formula is C14H10F3NO2. The number of rotatable bonds is 4. The van der Waals surface area contributed by atoms with Crippen LogP contribution in [0.2, 0.25) is 0 Å². The van der Waals surface area contributed by atoms with Crippen molar-refractivity contribution in [2.24, 2.45) is 0 Å². The first-order valence-corrected chi connectivity index (χ1v) is 5.68. The highest BCUT2D eigenvalue weighted by Gasteiger charge is 2.09. The smallest absolute Gasteiger partial charge is 0.262 e. The normalized spacial score (nSPS) is 10.2. The van der Waals surface area contributed by atoms with Crippen LogP contribution in [0.5, 0.6) is 5.75 Å². The molecule has 0 radical (unpaired) electrons. The highest BCUT2D eigenvalue weighted by atomic mass is 19.1. The van der Waals surface area contributed by atoms with Gasteiger partial charge in [0.1, 0.15) is 23.2 Å². The van der Waals surface area contributed by atoms with Crippen LogP contribution in [-0.2, 0) is 4.79 Å². The minimum absolute atomic E-state index is 0.167. The van der Waals surface area contributed by atoms with Crippen molar-refractivity contribution >= 4 is 11.6 Å². The molecule has 20 heavy (non-hydrogen) atoms. The number of hydrogen-bond donors (Lipinski definition) is 1. The molecule has 3 nitrogen and oxygen atoms in total. The summed E-state index contributed by atoms with van der Waals surface area (Å²) in [5.41, 5.74) is -0.280. The third-order valence-electron chi connectivity index (χ3n) is 2.37. The molecule has 0 atom stereocenters. The lowest BCUT2D eigenvalue weighted by Gasteiger charge is -2.08. The third kappa shape index (κ3) is 3.74. The number of hydrogen-bond acceptors (Lipinski definition) is 2. The van der Waals surface area contributed by atoms with Crippen LogP contribution in [0.25, 0.3) is 0 Å². The summed E-state index contributed by atoms with van der Waals surface area (Å²) in [6, 6.07) is 7.93. The Hall–Kier alpha value is -2.50. The maximum absolute atomic E-state index is 13.3. The van der Waals surface area contributed by atoms with E-state index in [0.29, 0.717) is 0 Å². The van der Waals surface area contributed by atoms with Crippen molar-refractivity contribution < 1.29 is 22.7 Å². The van der Waals surface area contributed by atoms with Gasteiger partial charge in [-0.15, -0.1) is 0 Å². The van der Waals surface area contributed by atoms with Gasteiger partial charge in [0.15, 0.2) is 6.61 Å².